The van der Waals surface area contributed by atoms with Gasteiger partial charge in [0.25, 0.3) is 5.56 Å². The molecule has 6 rings (SSSR count). The molecule has 5 heterocycles. The lowest BCUT2D eigenvalue weighted by Gasteiger charge is -2.46. The van der Waals surface area contributed by atoms with Crippen molar-refractivity contribution in [2.24, 2.45) is 5.41 Å². The van der Waals surface area contributed by atoms with E-state index in [4.69, 9.17) is 4.98 Å². The summed E-state index contributed by atoms with van der Waals surface area (Å²) in [5.41, 5.74) is 3.78. The van der Waals surface area contributed by atoms with Crippen molar-refractivity contribution < 1.29 is 4.21 Å². The first-order valence-corrected chi connectivity index (χ1v) is 12.6. The minimum Gasteiger partial charge on any atom is -0.342 e. The van der Waals surface area contributed by atoms with Crippen LogP contribution in [0.4, 0.5) is 5.95 Å². The van der Waals surface area contributed by atoms with Gasteiger partial charge < -0.3 is 4.90 Å². The van der Waals surface area contributed by atoms with Gasteiger partial charge >= 0.3 is 0 Å². The number of H-pyrrole nitrogens is 2. The molecule has 1 spiro atoms. The van der Waals surface area contributed by atoms with Crippen molar-refractivity contribution in [1.29, 1.82) is 0 Å². The Morgan fingerprint density at radius 1 is 1.29 bits per heavy atom. The summed E-state index contributed by atoms with van der Waals surface area (Å²) < 4.78 is 16.8. The van der Waals surface area contributed by atoms with E-state index >= 15 is 0 Å². The highest BCUT2D eigenvalue weighted by atomic mass is 127. The second-order valence-corrected chi connectivity index (χ2v) is 12.1. The number of nitrogens with one attached hydrogen (secondary N) is 3. The average Bonchev–Trinajstić information content (AvgIpc) is 3.26. The molecule has 3 aromatic heterocycles. The lowest BCUT2D eigenvalue weighted by atomic mass is 9.72. The molecule has 0 saturated carbocycles. The SMILES string of the molecule is CC1(C)c2ccnc3c2[C@@H](NS1=O)C1(CCN(c2nc4n[nH]c(I)c4c(=O)[nH]2)CC1)C3. The molecule has 3 aromatic rings. The Hall–Kier alpha value is -1.86. The molecule has 3 aliphatic rings. The van der Waals surface area contributed by atoms with Crippen LogP contribution in [0.5, 0.6) is 0 Å². The molecule has 0 bridgehead atoms. The van der Waals surface area contributed by atoms with Crippen LogP contribution in [0.15, 0.2) is 17.1 Å². The molecular formula is C20H22IN7O2S. The summed E-state index contributed by atoms with van der Waals surface area (Å²) in [6.07, 6.45) is 4.55. The van der Waals surface area contributed by atoms with E-state index in [1.165, 1.54) is 5.56 Å². The molecule has 31 heavy (non-hydrogen) atoms. The smallest absolute Gasteiger partial charge is 0.264 e. The van der Waals surface area contributed by atoms with E-state index in [1.807, 2.05) is 26.1 Å². The lowest BCUT2D eigenvalue weighted by Crippen LogP contribution is -2.50. The highest BCUT2D eigenvalue weighted by molar-refractivity contribution is 14.1. The predicted molar refractivity (Wildman–Crippen MR) is 126 cm³/mol. The molecule has 0 radical (unpaired) electrons. The number of aromatic amines is 2. The maximum Gasteiger partial charge on any atom is 0.264 e. The van der Waals surface area contributed by atoms with Crippen LogP contribution in [0.1, 0.15) is 49.6 Å². The fourth-order valence-corrected chi connectivity index (χ4v) is 7.31. The van der Waals surface area contributed by atoms with Gasteiger partial charge in [0, 0.05) is 25.0 Å². The van der Waals surface area contributed by atoms with Crippen molar-refractivity contribution >= 4 is 50.6 Å². The lowest BCUT2D eigenvalue weighted by molar-refractivity contribution is 0.174. The van der Waals surface area contributed by atoms with Crippen LogP contribution in [0, 0.1) is 9.12 Å². The highest BCUT2D eigenvalue weighted by Gasteiger charge is 2.54. The topological polar surface area (TPSA) is 120 Å². The Bertz CT molecular complexity index is 1310. The van der Waals surface area contributed by atoms with Crippen molar-refractivity contribution in [1.82, 2.24) is 29.9 Å². The van der Waals surface area contributed by atoms with Crippen molar-refractivity contribution in [3.8, 4) is 0 Å². The summed E-state index contributed by atoms with van der Waals surface area (Å²) in [6.45, 7) is 5.58. The Balaban J connectivity index is 1.32. The molecule has 3 N–H and O–H groups in total. The fourth-order valence-electron chi connectivity index (χ4n) is 5.45. The van der Waals surface area contributed by atoms with Gasteiger partial charge in [-0.1, -0.05) is 0 Å². The Kier molecular flexibility index (Phi) is 4.20. The maximum absolute atomic E-state index is 13.1. The number of aromatic nitrogens is 5. The molecule has 1 saturated heterocycles. The van der Waals surface area contributed by atoms with E-state index in [2.05, 4.69) is 52.4 Å². The number of anilines is 1. The third-order valence-electron chi connectivity index (χ3n) is 7.26. The molecule has 11 heteroatoms. The molecular weight excluding hydrogens is 529 g/mol. The number of nitrogens with zero attached hydrogens (tertiary/aromatic N) is 4. The minimum atomic E-state index is -1.16. The van der Waals surface area contributed by atoms with Gasteiger partial charge in [-0.2, -0.15) is 10.1 Å². The zero-order valence-corrected chi connectivity index (χ0v) is 20.1. The fraction of sp³-hybridized carbons (Fsp3) is 0.500. The van der Waals surface area contributed by atoms with Gasteiger partial charge in [-0.3, -0.25) is 19.9 Å². The van der Waals surface area contributed by atoms with Gasteiger partial charge in [0.2, 0.25) is 5.95 Å². The van der Waals surface area contributed by atoms with Crippen LogP contribution in [-0.2, 0) is 22.2 Å². The van der Waals surface area contributed by atoms with Gasteiger partial charge in [-0.15, -0.1) is 0 Å². The van der Waals surface area contributed by atoms with Crippen LogP contribution < -0.4 is 15.2 Å². The molecule has 9 nitrogen and oxygen atoms in total. The van der Waals surface area contributed by atoms with E-state index in [0.717, 1.165) is 43.6 Å². The number of hydrogen-bond acceptors (Lipinski definition) is 6. The van der Waals surface area contributed by atoms with Gasteiger partial charge in [0.05, 0.1) is 10.8 Å². The molecule has 1 aliphatic carbocycles. The third-order valence-corrected chi connectivity index (χ3v) is 9.63. The normalized spacial score (nSPS) is 25.8. The molecule has 2 atom stereocenters. The quantitative estimate of drug-likeness (QED) is 0.399. The van der Waals surface area contributed by atoms with Crippen molar-refractivity contribution in [3.05, 3.63) is 43.1 Å². The molecule has 1 fully saturated rings. The number of piperidine rings is 1. The summed E-state index contributed by atoms with van der Waals surface area (Å²) in [7, 11) is -1.16. The molecule has 2 aliphatic heterocycles. The van der Waals surface area contributed by atoms with E-state index in [0.29, 0.717) is 20.7 Å². The zero-order chi connectivity index (χ0) is 21.5. The van der Waals surface area contributed by atoms with E-state index in [-0.39, 0.29) is 17.0 Å². The summed E-state index contributed by atoms with van der Waals surface area (Å²) in [4.78, 5) is 26.8. The Labute approximate surface area is 194 Å². The second-order valence-electron chi connectivity index (χ2n) is 9.20. The molecule has 1 unspecified atom stereocenters. The zero-order valence-electron chi connectivity index (χ0n) is 17.2. The van der Waals surface area contributed by atoms with Gasteiger partial charge in [0.15, 0.2) is 5.65 Å². The molecule has 0 amide bonds. The van der Waals surface area contributed by atoms with Crippen LogP contribution in [-0.4, -0.2) is 42.4 Å². The van der Waals surface area contributed by atoms with E-state index in [1.54, 1.807) is 0 Å². The molecule has 0 aromatic carbocycles. The van der Waals surface area contributed by atoms with Gasteiger partial charge in [0.1, 0.15) is 20.1 Å². The van der Waals surface area contributed by atoms with Crippen LogP contribution >= 0.6 is 22.6 Å². The first kappa shape index (κ1) is 19.8. The summed E-state index contributed by atoms with van der Waals surface area (Å²) >= 11 is 2.06. The van der Waals surface area contributed by atoms with E-state index < -0.39 is 15.7 Å². The number of pyridine rings is 1. The molecule has 162 valence electrons. The summed E-state index contributed by atoms with van der Waals surface area (Å²) in [5.74, 6) is 0.561. The standard InChI is InChI=1S/C20H22IN7O2S/c1-19(2)10-3-6-22-11-9-20(14(12(10)11)27-31(19)30)4-7-28(8-5-20)18-23-16-13(17(29)24-18)15(21)25-26-16/h3,6,14,27H,4-5,7-9H2,1-2H3,(H2,23,24,25,26,29)/t14-,31?/m1/s1. The predicted octanol–water partition coefficient (Wildman–Crippen LogP) is 2.03. The van der Waals surface area contributed by atoms with Crippen LogP contribution in [0.2, 0.25) is 0 Å². The first-order chi connectivity index (χ1) is 14.8. The minimum absolute atomic E-state index is 0.0276. The Morgan fingerprint density at radius 2 is 2.06 bits per heavy atom. The van der Waals surface area contributed by atoms with Crippen molar-refractivity contribution in [3.63, 3.8) is 0 Å². The number of rotatable bonds is 1. The average molecular weight is 551 g/mol. The summed E-state index contributed by atoms with van der Waals surface area (Å²) in [5, 5.41) is 7.48. The van der Waals surface area contributed by atoms with Crippen molar-refractivity contribution in [2.45, 2.75) is 43.9 Å². The first-order valence-electron chi connectivity index (χ1n) is 10.4. The second kappa shape index (κ2) is 6.58. The highest BCUT2D eigenvalue weighted by Crippen LogP contribution is 2.56. The monoisotopic (exact) mass is 551 g/mol. The number of fused-ring (bicyclic) bond motifs is 2. The van der Waals surface area contributed by atoms with Crippen LogP contribution in [0.3, 0.4) is 0 Å². The van der Waals surface area contributed by atoms with Crippen LogP contribution in [0.25, 0.3) is 11.0 Å². The van der Waals surface area contributed by atoms with E-state index in [9.17, 15) is 9.00 Å². The maximum atomic E-state index is 13.1. The number of hydrogen-bond donors (Lipinski definition) is 3. The van der Waals surface area contributed by atoms with Gasteiger partial charge in [-0.25, -0.2) is 8.93 Å². The number of halogens is 1. The van der Waals surface area contributed by atoms with Crippen molar-refractivity contribution in [2.75, 3.05) is 18.0 Å². The third kappa shape index (κ3) is 2.72. The van der Waals surface area contributed by atoms with Gasteiger partial charge in [-0.05, 0) is 78.3 Å². The largest absolute Gasteiger partial charge is 0.342 e. The summed E-state index contributed by atoms with van der Waals surface area (Å²) in [6, 6.07) is 2.08. The Morgan fingerprint density at radius 3 is 2.84 bits per heavy atom.